The molecule has 7 nitrogen and oxygen atoms in total. The van der Waals surface area contributed by atoms with Crippen molar-refractivity contribution in [2.75, 3.05) is 0 Å². The third kappa shape index (κ3) is 3.04. The summed E-state index contributed by atoms with van der Waals surface area (Å²) in [5, 5.41) is 9.09. The molecule has 4 rings (SSSR count). The van der Waals surface area contributed by atoms with Gasteiger partial charge in [0.1, 0.15) is 10.7 Å². The normalized spacial score (nSPS) is 12.6. The summed E-state index contributed by atoms with van der Waals surface area (Å²) in [4.78, 5) is 25.8. The first-order chi connectivity index (χ1) is 12.5. The number of aromatic nitrogens is 5. The van der Waals surface area contributed by atoms with Crippen molar-refractivity contribution in [1.82, 2.24) is 25.1 Å². The Labute approximate surface area is 156 Å². The van der Waals surface area contributed by atoms with Crippen LogP contribution in [0.25, 0.3) is 21.7 Å². The van der Waals surface area contributed by atoms with Crippen molar-refractivity contribution >= 4 is 33.3 Å². The minimum atomic E-state index is -0.138. The van der Waals surface area contributed by atoms with Crippen molar-refractivity contribution in [2.24, 2.45) is 0 Å². The van der Waals surface area contributed by atoms with E-state index in [9.17, 15) is 4.79 Å². The van der Waals surface area contributed by atoms with Gasteiger partial charge < -0.3 is 9.40 Å². The molecule has 0 fully saturated rings. The van der Waals surface area contributed by atoms with Crippen LogP contribution in [0.3, 0.4) is 0 Å². The van der Waals surface area contributed by atoms with Crippen molar-refractivity contribution in [3.63, 3.8) is 0 Å². The van der Waals surface area contributed by atoms with E-state index in [2.05, 4.69) is 25.1 Å². The number of hydrogen-bond acceptors (Lipinski definition) is 8. The maximum Gasteiger partial charge on any atom is 0.277 e. The molecule has 1 unspecified atom stereocenters. The second-order valence-corrected chi connectivity index (χ2v) is 8.28. The van der Waals surface area contributed by atoms with Gasteiger partial charge in [-0.05, 0) is 38.5 Å². The number of thiophene rings is 1. The topological polar surface area (TPSA) is 97.6 Å². The highest BCUT2D eigenvalue weighted by Gasteiger charge is 2.19. The van der Waals surface area contributed by atoms with Crippen molar-refractivity contribution in [3.8, 4) is 11.5 Å². The van der Waals surface area contributed by atoms with Crippen LogP contribution in [0.4, 0.5) is 0 Å². The van der Waals surface area contributed by atoms with Crippen LogP contribution in [-0.2, 0) is 0 Å². The minimum absolute atomic E-state index is 0.109. The second kappa shape index (κ2) is 6.65. The molecule has 1 atom stereocenters. The lowest BCUT2D eigenvalue weighted by Gasteiger charge is -2.07. The fraction of sp³-hybridized carbons (Fsp3) is 0.235. The summed E-state index contributed by atoms with van der Waals surface area (Å²) in [6.45, 7) is 5.89. The van der Waals surface area contributed by atoms with E-state index in [4.69, 9.17) is 4.42 Å². The fourth-order valence-corrected chi connectivity index (χ4v) is 4.32. The number of thioether (sulfide) groups is 1. The summed E-state index contributed by atoms with van der Waals surface area (Å²) in [7, 11) is 0. The third-order valence-corrected chi connectivity index (χ3v) is 6.10. The molecule has 1 N–H and O–H groups in total. The molecular formula is C17H15N5O2S2. The molecular weight excluding hydrogens is 370 g/mol. The van der Waals surface area contributed by atoms with E-state index in [0.29, 0.717) is 22.3 Å². The lowest BCUT2D eigenvalue weighted by molar-refractivity contribution is 0.465. The number of H-pyrrole nitrogens is 1. The van der Waals surface area contributed by atoms with Crippen LogP contribution in [-0.4, -0.2) is 25.1 Å². The molecule has 4 aromatic heterocycles. The summed E-state index contributed by atoms with van der Waals surface area (Å²) in [5.74, 6) is 1.03. The van der Waals surface area contributed by atoms with E-state index in [0.717, 1.165) is 20.8 Å². The molecule has 0 amide bonds. The van der Waals surface area contributed by atoms with Gasteiger partial charge in [-0.25, -0.2) is 4.98 Å². The van der Waals surface area contributed by atoms with Gasteiger partial charge in [-0.1, -0.05) is 11.8 Å². The minimum Gasteiger partial charge on any atom is -0.411 e. The van der Waals surface area contributed by atoms with Crippen molar-refractivity contribution in [2.45, 2.75) is 31.2 Å². The summed E-state index contributed by atoms with van der Waals surface area (Å²) in [6, 6.07) is 3.61. The second-order valence-electron chi connectivity index (χ2n) is 5.78. The molecule has 4 aromatic rings. The van der Waals surface area contributed by atoms with Crippen molar-refractivity contribution in [1.29, 1.82) is 0 Å². The van der Waals surface area contributed by atoms with Crippen LogP contribution >= 0.6 is 23.1 Å². The highest BCUT2D eigenvalue weighted by atomic mass is 32.2. The lowest BCUT2D eigenvalue weighted by Crippen LogP contribution is -2.12. The number of fused-ring (bicyclic) bond motifs is 1. The van der Waals surface area contributed by atoms with Crippen LogP contribution in [0.1, 0.15) is 28.4 Å². The first-order valence-corrected chi connectivity index (χ1v) is 9.63. The highest BCUT2D eigenvalue weighted by Crippen LogP contribution is 2.34. The number of rotatable bonds is 4. The van der Waals surface area contributed by atoms with Gasteiger partial charge in [-0.3, -0.25) is 9.78 Å². The molecule has 0 aliphatic heterocycles. The zero-order valence-electron chi connectivity index (χ0n) is 14.3. The van der Waals surface area contributed by atoms with Gasteiger partial charge in [0.2, 0.25) is 5.89 Å². The summed E-state index contributed by atoms with van der Waals surface area (Å²) >= 11 is 2.89. The number of pyridine rings is 1. The molecule has 0 saturated heterocycles. The first-order valence-electron chi connectivity index (χ1n) is 7.93. The third-order valence-electron chi connectivity index (χ3n) is 4.05. The number of nitrogens with one attached hydrogen (secondary N) is 1. The fourth-order valence-electron chi connectivity index (χ4n) is 2.54. The number of hydrogen-bond donors (Lipinski definition) is 1. The molecule has 0 saturated carbocycles. The molecule has 0 aliphatic carbocycles. The number of aromatic amines is 1. The SMILES string of the molecule is Cc1sc2nc(C(C)Sc3nnc(-c4ccncc4)o3)[nH]c(=O)c2c1C. The van der Waals surface area contributed by atoms with Crippen LogP contribution in [0.5, 0.6) is 0 Å². The van der Waals surface area contributed by atoms with Crippen molar-refractivity contribution in [3.05, 3.63) is 51.1 Å². The molecule has 9 heteroatoms. The molecule has 0 aromatic carbocycles. The van der Waals surface area contributed by atoms with Gasteiger partial charge in [0.05, 0.1) is 10.6 Å². The molecule has 0 bridgehead atoms. The predicted octanol–water partition coefficient (Wildman–Crippen LogP) is 3.90. The quantitative estimate of drug-likeness (QED) is 0.532. The van der Waals surface area contributed by atoms with Gasteiger partial charge in [-0.2, -0.15) is 0 Å². The van der Waals surface area contributed by atoms with Crippen LogP contribution in [0.15, 0.2) is 39.0 Å². The van der Waals surface area contributed by atoms with Crippen LogP contribution in [0.2, 0.25) is 0 Å². The Bertz CT molecular complexity index is 1130. The van der Waals surface area contributed by atoms with Gasteiger partial charge >= 0.3 is 0 Å². The molecule has 0 radical (unpaired) electrons. The van der Waals surface area contributed by atoms with E-state index in [1.807, 2.05) is 20.8 Å². The monoisotopic (exact) mass is 385 g/mol. The Kier molecular flexibility index (Phi) is 4.33. The van der Waals surface area contributed by atoms with E-state index in [1.165, 1.54) is 23.1 Å². The smallest absolute Gasteiger partial charge is 0.277 e. The van der Waals surface area contributed by atoms with E-state index in [-0.39, 0.29) is 10.8 Å². The van der Waals surface area contributed by atoms with E-state index < -0.39 is 0 Å². The highest BCUT2D eigenvalue weighted by molar-refractivity contribution is 7.99. The maximum atomic E-state index is 12.4. The Morgan fingerprint density at radius 1 is 1.23 bits per heavy atom. The number of nitrogens with zero attached hydrogens (tertiary/aromatic N) is 4. The number of aryl methyl sites for hydroxylation is 2. The Morgan fingerprint density at radius 2 is 2.00 bits per heavy atom. The first kappa shape index (κ1) is 16.9. The van der Waals surface area contributed by atoms with Gasteiger partial charge in [0, 0.05) is 22.8 Å². The van der Waals surface area contributed by atoms with E-state index in [1.54, 1.807) is 24.5 Å². The Hall–Kier alpha value is -2.52. The predicted molar refractivity (Wildman–Crippen MR) is 102 cm³/mol. The zero-order chi connectivity index (χ0) is 18.3. The standard InChI is InChI=1S/C17H15N5O2S2/c1-8-9(2)25-16-12(8)14(23)19-13(20-16)10(3)26-17-22-21-15(24-17)11-4-6-18-7-5-11/h4-7,10H,1-3H3,(H,19,20,23). The molecule has 0 aliphatic rings. The van der Waals surface area contributed by atoms with E-state index >= 15 is 0 Å². The molecule has 4 heterocycles. The molecule has 26 heavy (non-hydrogen) atoms. The van der Waals surface area contributed by atoms with Crippen LogP contribution in [0, 0.1) is 13.8 Å². The maximum absolute atomic E-state index is 12.4. The Morgan fingerprint density at radius 3 is 2.77 bits per heavy atom. The average molecular weight is 385 g/mol. The lowest BCUT2D eigenvalue weighted by atomic mass is 10.2. The van der Waals surface area contributed by atoms with Gasteiger partial charge in [-0.15, -0.1) is 21.5 Å². The van der Waals surface area contributed by atoms with Gasteiger partial charge in [0.25, 0.3) is 10.8 Å². The van der Waals surface area contributed by atoms with Crippen LogP contribution < -0.4 is 5.56 Å². The molecule has 132 valence electrons. The summed E-state index contributed by atoms with van der Waals surface area (Å²) in [5.41, 5.74) is 1.69. The Balaban J connectivity index is 1.61. The molecule has 0 spiro atoms. The largest absolute Gasteiger partial charge is 0.411 e. The van der Waals surface area contributed by atoms with Crippen molar-refractivity contribution < 1.29 is 4.42 Å². The van der Waals surface area contributed by atoms with Gasteiger partial charge in [0.15, 0.2) is 0 Å². The summed E-state index contributed by atoms with van der Waals surface area (Å²) in [6.07, 6.45) is 3.34. The average Bonchev–Trinajstić information content (AvgIpc) is 3.21. The summed E-state index contributed by atoms with van der Waals surface area (Å²) < 4.78 is 5.70. The zero-order valence-corrected chi connectivity index (χ0v) is 15.9.